The van der Waals surface area contributed by atoms with E-state index in [1.54, 1.807) is 0 Å². The molecule has 0 spiro atoms. The lowest BCUT2D eigenvalue weighted by molar-refractivity contribution is -0.116. The van der Waals surface area contributed by atoms with Gasteiger partial charge in [0, 0.05) is 6.42 Å². The van der Waals surface area contributed by atoms with Crippen LogP contribution in [0.1, 0.15) is 72.6 Å². The van der Waals surface area contributed by atoms with Gasteiger partial charge in [0.2, 0.25) is 0 Å². The molecule has 0 radical (unpaired) electrons. The molecule has 190 valence electrons. The van der Waals surface area contributed by atoms with E-state index in [-0.39, 0.29) is 11.3 Å². The van der Waals surface area contributed by atoms with Gasteiger partial charge in [-0.3, -0.25) is 9.36 Å². The minimum absolute atomic E-state index is 0.0940. The molecular formula is C27H41O6P. The molecule has 0 aromatic heterocycles. The summed E-state index contributed by atoms with van der Waals surface area (Å²) in [4.78, 5) is 31.6. The smallest absolute Gasteiger partial charge is 0.338 e. The molecule has 3 saturated carbocycles. The molecule has 6 atom stereocenters. The molecule has 3 fully saturated rings. The van der Waals surface area contributed by atoms with Crippen molar-refractivity contribution in [2.45, 2.75) is 90.0 Å². The standard InChI is InChI=1S/C27H41O6P/c1-17(8-13-25(30)26(3,4)34(31,32)33)22-11-12-23-19(7-6-14-27(22,23)5)9-10-20-15-21(28)16-24(29)18(20)2/h8-10,13,17,21-24,28-29H,2,6-7,11-12,14-16H2,1,3-5H3,(H2,31,32,33)/b13-8+,19-9+,20-10-/t17-,21-,22-,23?,24+,27-/m1/s1. The highest BCUT2D eigenvalue weighted by Crippen LogP contribution is 2.59. The summed E-state index contributed by atoms with van der Waals surface area (Å²) in [6.07, 6.45) is 12.4. The highest BCUT2D eigenvalue weighted by Gasteiger charge is 2.50. The van der Waals surface area contributed by atoms with Crippen molar-refractivity contribution in [3.8, 4) is 0 Å². The van der Waals surface area contributed by atoms with Gasteiger partial charge in [0.05, 0.1) is 12.2 Å². The van der Waals surface area contributed by atoms with Crippen molar-refractivity contribution in [2.75, 3.05) is 0 Å². The lowest BCUT2D eigenvalue weighted by atomic mass is 9.61. The van der Waals surface area contributed by atoms with E-state index in [4.69, 9.17) is 0 Å². The number of ketones is 1. The molecule has 0 aromatic carbocycles. The summed E-state index contributed by atoms with van der Waals surface area (Å²) in [5, 5.41) is 18.5. The Hall–Kier alpha value is -1.30. The predicted molar refractivity (Wildman–Crippen MR) is 134 cm³/mol. The molecule has 0 aromatic rings. The van der Waals surface area contributed by atoms with E-state index in [0.717, 1.165) is 37.7 Å². The van der Waals surface area contributed by atoms with Crippen molar-refractivity contribution >= 4 is 13.4 Å². The van der Waals surface area contributed by atoms with E-state index in [1.165, 1.54) is 25.5 Å². The van der Waals surface area contributed by atoms with Gasteiger partial charge in [-0.05, 0) is 92.8 Å². The molecule has 3 aliphatic carbocycles. The Morgan fingerprint density at radius 2 is 1.91 bits per heavy atom. The zero-order chi connectivity index (χ0) is 25.5. The normalized spacial score (nSPS) is 36.3. The van der Waals surface area contributed by atoms with Crippen molar-refractivity contribution in [3.63, 3.8) is 0 Å². The van der Waals surface area contributed by atoms with Crippen LogP contribution in [0.3, 0.4) is 0 Å². The number of aliphatic hydroxyl groups is 2. The number of hydrogen-bond donors (Lipinski definition) is 4. The minimum atomic E-state index is -4.54. The molecule has 7 heteroatoms. The van der Waals surface area contributed by atoms with E-state index < -0.39 is 30.7 Å². The Kier molecular flexibility index (Phi) is 8.01. The molecule has 3 aliphatic rings. The third-order valence-corrected chi connectivity index (χ3v) is 10.5. The molecule has 0 heterocycles. The van der Waals surface area contributed by atoms with Gasteiger partial charge in [-0.15, -0.1) is 0 Å². The average Bonchev–Trinajstić information content (AvgIpc) is 3.09. The fraction of sp³-hybridized carbons (Fsp3) is 0.667. The molecule has 0 bridgehead atoms. The Bertz CT molecular complexity index is 954. The summed E-state index contributed by atoms with van der Waals surface area (Å²) >= 11 is 0. The van der Waals surface area contributed by atoms with Crippen LogP contribution in [0, 0.1) is 23.2 Å². The summed E-state index contributed by atoms with van der Waals surface area (Å²) in [6, 6.07) is 0. The number of carbonyl (C=O) groups excluding carboxylic acids is 1. The zero-order valence-electron chi connectivity index (χ0n) is 20.9. The Morgan fingerprint density at radius 3 is 2.56 bits per heavy atom. The van der Waals surface area contributed by atoms with Crippen LogP contribution < -0.4 is 0 Å². The van der Waals surface area contributed by atoms with E-state index in [0.29, 0.717) is 30.3 Å². The van der Waals surface area contributed by atoms with Crippen molar-refractivity contribution in [2.24, 2.45) is 23.2 Å². The van der Waals surface area contributed by atoms with E-state index in [1.807, 2.05) is 12.2 Å². The van der Waals surface area contributed by atoms with Gasteiger partial charge in [0.15, 0.2) is 5.78 Å². The summed E-state index contributed by atoms with van der Waals surface area (Å²) in [6.45, 7) is 11.0. The van der Waals surface area contributed by atoms with Crippen LogP contribution >= 0.6 is 7.60 Å². The van der Waals surface area contributed by atoms with E-state index in [9.17, 15) is 29.4 Å². The third-order valence-electron chi connectivity index (χ3n) is 8.82. The second kappa shape index (κ2) is 9.99. The number of carbonyl (C=O) groups is 1. The van der Waals surface area contributed by atoms with Crippen LogP contribution in [-0.2, 0) is 9.36 Å². The molecular weight excluding hydrogens is 451 g/mol. The SMILES string of the molecule is C=C1/C(=C\C=C2/CCC[C@@]3(C)C2CC[C@@H]3[C@H](C)/C=C/C(=O)C(C)(C)P(=O)(O)O)C[C@@H](O)C[C@@H]1O. The van der Waals surface area contributed by atoms with Gasteiger partial charge in [-0.1, -0.05) is 44.2 Å². The first kappa shape index (κ1) is 27.3. The van der Waals surface area contributed by atoms with Gasteiger partial charge in [-0.25, -0.2) is 0 Å². The molecule has 3 rings (SSSR count). The number of fused-ring (bicyclic) bond motifs is 1. The maximum absolute atomic E-state index is 12.5. The molecule has 0 aliphatic heterocycles. The number of allylic oxidation sites excluding steroid dienone is 5. The molecule has 0 saturated heterocycles. The van der Waals surface area contributed by atoms with Gasteiger partial charge < -0.3 is 20.0 Å². The lowest BCUT2D eigenvalue weighted by Crippen LogP contribution is -2.35. The van der Waals surface area contributed by atoms with E-state index in [2.05, 4.69) is 26.5 Å². The highest BCUT2D eigenvalue weighted by molar-refractivity contribution is 7.54. The summed E-state index contributed by atoms with van der Waals surface area (Å²) in [7, 11) is -4.54. The Balaban J connectivity index is 1.77. The maximum atomic E-state index is 12.5. The number of rotatable bonds is 6. The molecule has 4 N–H and O–H groups in total. The Labute approximate surface area is 203 Å². The van der Waals surface area contributed by atoms with Crippen LogP contribution in [0.2, 0.25) is 0 Å². The highest BCUT2D eigenvalue weighted by atomic mass is 31.2. The van der Waals surface area contributed by atoms with Crippen LogP contribution in [0.15, 0.2) is 47.6 Å². The van der Waals surface area contributed by atoms with Gasteiger partial charge in [-0.2, -0.15) is 0 Å². The van der Waals surface area contributed by atoms with Gasteiger partial charge >= 0.3 is 7.60 Å². The predicted octanol–water partition coefficient (Wildman–Crippen LogP) is 4.85. The fourth-order valence-corrected chi connectivity index (χ4v) is 6.69. The van der Waals surface area contributed by atoms with Crippen LogP contribution in [0.25, 0.3) is 0 Å². The molecule has 0 amide bonds. The lowest BCUT2D eigenvalue weighted by Gasteiger charge is -2.44. The first-order chi connectivity index (χ1) is 15.7. The van der Waals surface area contributed by atoms with Crippen molar-refractivity contribution in [1.82, 2.24) is 0 Å². The molecule has 6 nitrogen and oxygen atoms in total. The fourth-order valence-electron chi connectivity index (χ4n) is 6.33. The summed E-state index contributed by atoms with van der Waals surface area (Å²) < 4.78 is 11.7. The van der Waals surface area contributed by atoms with Crippen LogP contribution in [0.4, 0.5) is 0 Å². The van der Waals surface area contributed by atoms with Crippen molar-refractivity contribution in [3.05, 3.63) is 47.6 Å². The molecule has 34 heavy (non-hydrogen) atoms. The maximum Gasteiger partial charge on any atom is 0.338 e. The second-order valence-corrected chi connectivity index (χ2v) is 13.6. The third kappa shape index (κ3) is 5.27. The van der Waals surface area contributed by atoms with Crippen molar-refractivity contribution in [1.29, 1.82) is 0 Å². The van der Waals surface area contributed by atoms with Gasteiger partial charge in [0.1, 0.15) is 5.16 Å². The Morgan fingerprint density at radius 1 is 1.24 bits per heavy atom. The largest absolute Gasteiger partial charge is 0.393 e. The van der Waals surface area contributed by atoms with Crippen LogP contribution in [-0.4, -0.2) is 43.1 Å². The zero-order valence-corrected chi connectivity index (χ0v) is 21.8. The summed E-state index contributed by atoms with van der Waals surface area (Å²) in [5.74, 6) is 0.394. The number of aliphatic hydroxyl groups excluding tert-OH is 2. The quantitative estimate of drug-likeness (QED) is 0.311. The first-order valence-corrected chi connectivity index (χ1v) is 14.0. The second-order valence-electron chi connectivity index (χ2n) is 11.3. The van der Waals surface area contributed by atoms with E-state index >= 15 is 0 Å². The van der Waals surface area contributed by atoms with Crippen LogP contribution in [0.5, 0.6) is 0 Å². The topological polar surface area (TPSA) is 115 Å². The monoisotopic (exact) mass is 492 g/mol. The first-order valence-electron chi connectivity index (χ1n) is 12.4. The van der Waals surface area contributed by atoms with Gasteiger partial charge in [0.25, 0.3) is 0 Å². The van der Waals surface area contributed by atoms with Crippen molar-refractivity contribution < 1.29 is 29.4 Å². The number of hydrogen-bond acceptors (Lipinski definition) is 4. The molecule has 1 unspecified atom stereocenters. The minimum Gasteiger partial charge on any atom is -0.393 e. The summed E-state index contributed by atoms with van der Waals surface area (Å²) in [5.41, 5.74) is 3.12. The average molecular weight is 493 g/mol.